The molecule has 0 aliphatic carbocycles. The largest absolute Gasteiger partial charge is 0.480 e. The standard InChI is InChI=1S/C8H8N4O2S/c13-8(14)5-12-7(9-10-11-12)4-6-2-1-3-15-6/h1-3H,4-5H2,(H,13,14). The van der Waals surface area contributed by atoms with Crippen molar-refractivity contribution in [3.8, 4) is 0 Å². The molecule has 0 spiro atoms. The van der Waals surface area contributed by atoms with E-state index in [4.69, 9.17) is 5.11 Å². The first-order valence-corrected chi connectivity index (χ1v) is 5.13. The number of carboxylic acid groups (broad SMARTS) is 1. The maximum absolute atomic E-state index is 10.5. The number of hydrogen-bond donors (Lipinski definition) is 1. The summed E-state index contributed by atoms with van der Waals surface area (Å²) in [6, 6.07) is 3.90. The molecule has 6 nitrogen and oxygen atoms in total. The first-order chi connectivity index (χ1) is 7.25. The summed E-state index contributed by atoms with van der Waals surface area (Å²) in [5.74, 6) is -0.380. The lowest BCUT2D eigenvalue weighted by Crippen LogP contribution is -2.13. The van der Waals surface area contributed by atoms with Gasteiger partial charge in [0.15, 0.2) is 5.82 Å². The van der Waals surface area contributed by atoms with Crippen molar-refractivity contribution in [3.05, 3.63) is 28.2 Å². The van der Waals surface area contributed by atoms with Crippen LogP contribution >= 0.6 is 11.3 Å². The van der Waals surface area contributed by atoms with E-state index in [9.17, 15) is 4.79 Å². The first-order valence-electron chi connectivity index (χ1n) is 4.25. The third-order valence-electron chi connectivity index (χ3n) is 1.80. The van der Waals surface area contributed by atoms with Crippen molar-refractivity contribution in [3.63, 3.8) is 0 Å². The van der Waals surface area contributed by atoms with Crippen molar-refractivity contribution in [2.45, 2.75) is 13.0 Å². The normalized spacial score (nSPS) is 10.4. The Morgan fingerprint density at radius 2 is 2.47 bits per heavy atom. The number of aliphatic carboxylic acids is 1. The van der Waals surface area contributed by atoms with Gasteiger partial charge >= 0.3 is 5.97 Å². The minimum Gasteiger partial charge on any atom is -0.480 e. The van der Waals surface area contributed by atoms with E-state index in [1.54, 1.807) is 11.3 Å². The van der Waals surface area contributed by atoms with Gasteiger partial charge in [-0.15, -0.1) is 16.4 Å². The molecule has 0 atom stereocenters. The van der Waals surface area contributed by atoms with Gasteiger partial charge in [0, 0.05) is 11.3 Å². The molecule has 0 aromatic carbocycles. The Labute approximate surface area is 89.2 Å². The van der Waals surface area contributed by atoms with Crippen LogP contribution in [-0.2, 0) is 17.8 Å². The number of tetrazole rings is 1. The highest BCUT2D eigenvalue weighted by molar-refractivity contribution is 7.09. The van der Waals surface area contributed by atoms with Crippen molar-refractivity contribution in [1.29, 1.82) is 0 Å². The smallest absolute Gasteiger partial charge is 0.325 e. The van der Waals surface area contributed by atoms with Crippen molar-refractivity contribution in [1.82, 2.24) is 20.2 Å². The van der Waals surface area contributed by atoms with Crippen molar-refractivity contribution >= 4 is 17.3 Å². The Morgan fingerprint density at radius 3 is 3.13 bits per heavy atom. The molecule has 2 rings (SSSR count). The first kappa shape index (κ1) is 9.78. The summed E-state index contributed by atoms with van der Waals surface area (Å²) in [6.45, 7) is -0.201. The molecule has 1 N–H and O–H groups in total. The van der Waals surface area contributed by atoms with Gasteiger partial charge in [-0.05, 0) is 21.9 Å². The number of thiophene rings is 1. The fraction of sp³-hybridized carbons (Fsp3) is 0.250. The SMILES string of the molecule is O=C(O)Cn1nnnc1Cc1cccs1. The summed E-state index contributed by atoms with van der Waals surface area (Å²) in [5.41, 5.74) is 0. The van der Waals surface area contributed by atoms with Gasteiger partial charge in [-0.25, -0.2) is 4.68 Å². The minimum atomic E-state index is -0.949. The molecular weight excluding hydrogens is 216 g/mol. The third-order valence-corrected chi connectivity index (χ3v) is 2.68. The predicted molar refractivity (Wildman–Crippen MR) is 52.6 cm³/mol. The number of carbonyl (C=O) groups is 1. The summed E-state index contributed by atoms with van der Waals surface area (Å²) in [4.78, 5) is 11.6. The number of carboxylic acids is 1. The molecule has 0 bridgehead atoms. The average molecular weight is 224 g/mol. The quantitative estimate of drug-likeness (QED) is 0.813. The van der Waals surface area contributed by atoms with Crippen LogP contribution in [0.4, 0.5) is 0 Å². The highest BCUT2D eigenvalue weighted by Crippen LogP contribution is 2.12. The van der Waals surface area contributed by atoms with Gasteiger partial charge in [-0.2, -0.15) is 0 Å². The molecule has 78 valence electrons. The zero-order valence-electron chi connectivity index (χ0n) is 7.70. The lowest BCUT2D eigenvalue weighted by Gasteiger charge is -1.98. The number of nitrogens with zero attached hydrogens (tertiary/aromatic N) is 4. The van der Waals surface area contributed by atoms with Gasteiger partial charge in [-0.3, -0.25) is 4.79 Å². The molecule has 2 aromatic heterocycles. The van der Waals surface area contributed by atoms with Crippen molar-refractivity contribution < 1.29 is 9.90 Å². The van der Waals surface area contributed by atoms with E-state index in [1.807, 2.05) is 17.5 Å². The molecule has 0 amide bonds. The maximum Gasteiger partial charge on any atom is 0.325 e. The lowest BCUT2D eigenvalue weighted by molar-refractivity contribution is -0.138. The van der Waals surface area contributed by atoms with E-state index >= 15 is 0 Å². The summed E-state index contributed by atoms with van der Waals surface area (Å²) in [6.07, 6.45) is 0.567. The van der Waals surface area contributed by atoms with Crippen LogP contribution in [0.2, 0.25) is 0 Å². The maximum atomic E-state index is 10.5. The predicted octanol–water partition coefficient (Wildman–Crippen LogP) is 0.410. The van der Waals surface area contributed by atoms with E-state index in [0.29, 0.717) is 12.2 Å². The van der Waals surface area contributed by atoms with E-state index in [2.05, 4.69) is 15.5 Å². The molecule has 0 saturated carbocycles. The van der Waals surface area contributed by atoms with Gasteiger partial charge in [0.05, 0.1) is 0 Å². The zero-order valence-corrected chi connectivity index (χ0v) is 8.52. The second-order valence-corrected chi connectivity index (χ2v) is 3.93. The summed E-state index contributed by atoms with van der Waals surface area (Å²) in [7, 11) is 0. The number of aromatic nitrogens is 4. The number of hydrogen-bond acceptors (Lipinski definition) is 5. The van der Waals surface area contributed by atoms with Gasteiger partial charge in [0.25, 0.3) is 0 Å². The fourth-order valence-corrected chi connectivity index (χ4v) is 1.87. The molecule has 0 radical (unpaired) electrons. The molecule has 0 aliphatic rings. The van der Waals surface area contributed by atoms with Gasteiger partial charge in [0.2, 0.25) is 0 Å². The molecule has 0 unspecified atom stereocenters. The van der Waals surface area contributed by atoms with Crippen LogP contribution in [0.1, 0.15) is 10.7 Å². The van der Waals surface area contributed by atoms with Crippen LogP contribution in [0, 0.1) is 0 Å². The topological polar surface area (TPSA) is 80.9 Å². The Hall–Kier alpha value is -1.76. The second-order valence-electron chi connectivity index (χ2n) is 2.90. The summed E-state index contributed by atoms with van der Waals surface area (Å²) < 4.78 is 1.29. The summed E-state index contributed by atoms with van der Waals surface area (Å²) in [5, 5.41) is 21.4. The van der Waals surface area contributed by atoms with Crippen LogP contribution < -0.4 is 0 Å². The van der Waals surface area contributed by atoms with Crippen molar-refractivity contribution in [2.24, 2.45) is 0 Å². The molecule has 2 aromatic rings. The molecule has 15 heavy (non-hydrogen) atoms. The van der Waals surface area contributed by atoms with Gasteiger partial charge in [0.1, 0.15) is 6.54 Å². The monoisotopic (exact) mass is 224 g/mol. The molecule has 0 fully saturated rings. The van der Waals surface area contributed by atoms with E-state index in [1.165, 1.54) is 4.68 Å². The van der Waals surface area contributed by atoms with Crippen LogP contribution in [0.5, 0.6) is 0 Å². The Morgan fingerprint density at radius 1 is 1.60 bits per heavy atom. The zero-order chi connectivity index (χ0) is 10.7. The molecule has 7 heteroatoms. The second kappa shape index (κ2) is 4.18. The van der Waals surface area contributed by atoms with E-state index < -0.39 is 5.97 Å². The third kappa shape index (κ3) is 2.38. The van der Waals surface area contributed by atoms with Crippen LogP contribution in [0.25, 0.3) is 0 Å². The molecule has 0 aliphatic heterocycles. The molecule has 2 heterocycles. The highest BCUT2D eigenvalue weighted by atomic mass is 32.1. The Balaban J connectivity index is 2.14. The molecular formula is C8H8N4O2S. The van der Waals surface area contributed by atoms with Crippen LogP contribution in [-0.4, -0.2) is 31.3 Å². The lowest BCUT2D eigenvalue weighted by atomic mass is 10.3. The van der Waals surface area contributed by atoms with E-state index in [-0.39, 0.29) is 6.54 Å². The molecule has 0 saturated heterocycles. The highest BCUT2D eigenvalue weighted by Gasteiger charge is 2.10. The van der Waals surface area contributed by atoms with Gasteiger partial charge in [-0.1, -0.05) is 6.07 Å². The number of rotatable bonds is 4. The fourth-order valence-electron chi connectivity index (χ4n) is 1.17. The Bertz CT molecular complexity index is 451. The Kier molecular flexibility index (Phi) is 2.72. The minimum absolute atomic E-state index is 0.201. The van der Waals surface area contributed by atoms with Crippen LogP contribution in [0.3, 0.4) is 0 Å². The van der Waals surface area contributed by atoms with Crippen LogP contribution in [0.15, 0.2) is 17.5 Å². The van der Waals surface area contributed by atoms with E-state index in [0.717, 1.165) is 4.88 Å². The van der Waals surface area contributed by atoms with Gasteiger partial charge < -0.3 is 5.11 Å². The van der Waals surface area contributed by atoms with Crippen molar-refractivity contribution in [2.75, 3.05) is 0 Å². The summed E-state index contributed by atoms with van der Waals surface area (Å²) >= 11 is 1.59. The average Bonchev–Trinajstić information content (AvgIpc) is 2.78.